The van der Waals surface area contributed by atoms with E-state index >= 15 is 0 Å². The van der Waals surface area contributed by atoms with Gasteiger partial charge < -0.3 is 20.3 Å². The number of hydrogen-bond donors (Lipinski definition) is 2. The molecule has 2 aromatic rings. The van der Waals surface area contributed by atoms with Crippen LogP contribution in [0.15, 0.2) is 18.5 Å². The molecule has 0 aliphatic carbocycles. The zero-order chi connectivity index (χ0) is 17.6. The highest BCUT2D eigenvalue weighted by Gasteiger charge is 2.18. The predicted octanol–water partition coefficient (Wildman–Crippen LogP) is 1.23. The first-order valence-electron chi connectivity index (χ1n) is 7.70. The maximum atomic E-state index is 8.75. The van der Waals surface area contributed by atoms with Crippen LogP contribution in [0.2, 0.25) is 0 Å². The van der Waals surface area contributed by atoms with Gasteiger partial charge in [0.1, 0.15) is 15.6 Å². The van der Waals surface area contributed by atoms with E-state index < -0.39 is 0 Å². The third-order valence-electron chi connectivity index (χ3n) is 3.63. The van der Waals surface area contributed by atoms with Gasteiger partial charge in [-0.25, -0.2) is 9.97 Å². The third-order valence-corrected chi connectivity index (χ3v) is 4.43. The number of nitriles is 1. The minimum Gasteiger partial charge on any atom is -0.380 e. The number of ether oxygens (including phenoxy) is 1. The zero-order valence-electron chi connectivity index (χ0n) is 13.6. The number of morpholine rings is 1. The first-order chi connectivity index (χ1) is 12.1. The van der Waals surface area contributed by atoms with E-state index in [1.54, 1.807) is 0 Å². The highest BCUT2D eigenvalue weighted by molar-refractivity contribution is 14.1. The molecule has 3 heterocycles. The number of likely N-dealkylation sites (N-methyl/N-ethyl adjacent to an activating group) is 1. The predicted molar refractivity (Wildman–Crippen MR) is 101 cm³/mol. The highest BCUT2D eigenvalue weighted by atomic mass is 127. The molecule has 1 aliphatic heterocycles. The molecule has 0 bridgehead atoms. The van der Waals surface area contributed by atoms with E-state index in [9.17, 15) is 0 Å². The molecule has 1 saturated heterocycles. The van der Waals surface area contributed by atoms with Crippen molar-refractivity contribution in [2.45, 2.75) is 6.10 Å². The molecule has 1 atom stereocenters. The normalized spacial score (nSPS) is 17.7. The average Bonchev–Trinajstić information content (AvgIpc) is 2.63. The van der Waals surface area contributed by atoms with E-state index in [0.29, 0.717) is 18.2 Å². The van der Waals surface area contributed by atoms with Crippen molar-refractivity contribution in [2.75, 3.05) is 43.9 Å². The van der Waals surface area contributed by atoms with Gasteiger partial charge in [0.05, 0.1) is 30.8 Å². The molecule has 10 heteroatoms. The van der Waals surface area contributed by atoms with Gasteiger partial charge in [0.25, 0.3) is 0 Å². The molecule has 0 unspecified atom stereocenters. The fourth-order valence-electron chi connectivity index (χ4n) is 2.36. The maximum absolute atomic E-state index is 8.75. The van der Waals surface area contributed by atoms with Crippen LogP contribution in [0, 0.1) is 15.0 Å². The van der Waals surface area contributed by atoms with Gasteiger partial charge in [-0.05, 0) is 29.6 Å². The molecule has 0 amide bonds. The molecule has 0 radical (unpaired) electrons. The first kappa shape index (κ1) is 17.7. The van der Waals surface area contributed by atoms with Gasteiger partial charge in [-0.2, -0.15) is 5.26 Å². The van der Waals surface area contributed by atoms with Crippen LogP contribution in [0.5, 0.6) is 0 Å². The number of nitrogens with zero attached hydrogens (tertiary/aromatic N) is 6. The topological polar surface area (TPSA) is 112 Å². The monoisotopic (exact) mass is 452 g/mol. The summed E-state index contributed by atoms with van der Waals surface area (Å²) in [5.74, 6) is 1.04. The Balaban J connectivity index is 1.64. The van der Waals surface area contributed by atoms with Crippen molar-refractivity contribution in [3.05, 3.63) is 27.9 Å². The number of anilines is 3. The first-order valence-corrected chi connectivity index (χ1v) is 8.78. The van der Waals surface area contributed by atoms with Gasteiger partial charge in [-0.1, -0.05) is 0 Å². The molecular weight excluding hydrogens is 435 g/mol. The number of hydrogen-bond acceptors (Lipinski definition) is 9. The quantitative estimate of drug-likeness (QED) is 0.647. The van der Waals surface area contributed by atoms with Crippen molar-refractivity contribution in [1.29, 1.82) is 5.26 Å². The van der Waals surface area contributed by atoms with Gasteiger partial charge in [-0.15, -0.1) is 10.2 Å². The molecule has 1 aliphatic rings. The summed E-state index contributed by atoms with van der Waals surface area (Å²) in [5.41, 5.74) is 1.13. The summed E-state index contributed by atoms with van der Waals surface area (Å²) in [6.07, 6.45) is 3.03. The van der Waals surface area contributed by atoms with Crippen LogP contribution in [0.1, 0.15) is 5.69 Å². The summed E-state index contributed by atoms with van der Waals surface area (Å²) in [6.45, 7) is 3.30. The lowest BCUT2D eigenvalue weighted by atomic mass is 10.2. The summed E-state index contributed by atoms with van der Waals surface area (Å²) in [4.78, 5) is 10.3. The second-order valence-electron chi connectivity index (χ2n) is 5.59. The fourth-order valence-corrected chi connectivity index (χ4v) is 2.81. The molecular formula is C15H17IN8O. The smallest absolute Gasteiger partial charge is 0.158 e. The molecule has 1 fully saturated rings. The Hall–Kier alpha value is -2.10. The summed E-state index contributed by atoms with van der Waals surface area (Å²) >= 11 is 2.14. The summed E-state index contributed by atoms with van der Waals surface area (Å²) < 4.78 is 6.53. The standard InChI is InChI=1S/C15H17IN8O/c1-24-2-3-25-11(9-24)7-19-12-4-13(22-23-15(12)16)21-14-8-18-10(5-17)6-20-14/h4,6,8,11H,2-3,7,9H2,1H3,(H2,19,20,21,22)/t11-/m0/s1. The maximum Gasteiger partial charge on any atom is 0.158 e. The minimum atomic E-state index is 0.142. The lowest BCUT2D eigenvalue weighted by Crippen LogP contribution is -2.43. The Labute approximate surface area is 159 Å². The van der Waals surface area contributed by atoms with Crippen LogP contribution in [0.25, 0.3) is 0 Å². The van der Waals surface area contributed by atoms with Gasteiger partial charge in [-0.3, -0.25) is 0 Å². The van der Waals surface area contributed by atoms with Gasteiger partial charge in [0, 0.05) is 25.7 Å². The van der Waals surface area contributed by atoms with Crippen LogP contribution in [0.3, 0.4) is 0 Å². The van der Waals surface area contributed by atoms with E-state index in [2.05, 4.69) is 65.3 Å². The zero-order valence-corrected chi connectivity index (χ0v) is 15.8. The van der Waals surface area contributed by atoms with Crippen molar-refractivity contribution in [2.24, 2.45) is 0 Å². The van der Waals surface area contributed by atoms with Crippen LogP contribution in [-0.4, -0.2) is 64.5 Å². The lowest BCUT2D eigenvalue weighted by molar-refractivity contribution is -0.0117. The van der Waals surface area contributed by atoms with Crippen LogP contribution in [-0.2, 0) is 4.74 Å². The Morgan fingerprint density at radius 1 is 1.36 bits per heavy atom. The molecule has 0 aromatic carbocycles. The number of halogens is 1. The van der Waals surface area contributed by atoms with Gasteiger partial charge >= 0.3 is 0 Å². The number of rotatable bonds is 5. The molecule has 25 heavy (non-hydrogen) atoms. The fraction of sp³-hybridized carbons (Fsp3) is 0.400. The summed E-state index contributed by atoms with van der Waals surface area (Å²) in [6, 6.07) is 3.79. The minimum absolute atomic E-state index is 0.142. The average molecular weight is 452 g/mol. The van der Waals surface area contributed by atoms with E-state index in [-0.39, 0.29) is 11.8 Å². The van der Waals surface area contributed by atoms with Crippen molar-refractivity contribution in [3.8, 4) is 6.07 Å². The second-order valence-corrected chi connectivity index (χ2v) is 6.62. The van der Waals surface area contributed by atoms with E-state index in [1.807, 2.05) is 12.1 Å². The van der Waals surface area contributed by atoms with Crippen molar-refractivity contribution < 1.29 is 4.74 Å². The van der Waals surface area contributed by atoms with Crippen molar-refractivity contribution in [1.82, 2.24) is 25.1 Å². The Bertz CT molecular complexity index is 763. The van der Waals surface area contributed by atoms with Gasteiger partial charge in [0.2, 0.25) is 0 Å². The van der Waals surface area contributed by atoms with E-state index in [4.69, 9.17) is 10.00 Å². The van der Waals surface area contributed by atoms with Gasteiger partial charge in [0.15, 0.2) is 11.5 Å². The molecule has 130 valence electrons. The Kier molecular flexibility index (Phi) is 5.90. The van der Waals surface area contributed by atoms with Crippen molar-refractivity contribution in [3.63, 3.8) is 0 Å². The van der Waals surface area contributed by atoms with Crippen LogP contribution in [0.4, 0.5) is 17.3 Å². The Morgan fingerprint density at radius 3 is 2.96 bits per heavy atom. The molecule has 9 nitrogen and oxygen atoms in total. The third kappa shape index (κ3) is 4.94. The number of nitrogens with one attached hydrogen (secondary N) is 2. The second kappa shape index (κ2) is 8.32. The number of aromatic nitrogens is 4. The lowest BCUT2D eigenvalue weighted by Gasteiger charge is -2.30. The highest BCUT2D eigenvalue weighted by Crippen LogP contribution is 2.20. The van der Waals surface area contributed by atoms with Crippen molar-refractivity contribution >= 4 is 39.9 Å². The summed E-state index contributed by atoms with van der Waals surface area (Å²) in [7, 11) is 2.09. The molecule has 3 rings (SSSR count). The molecule has 0 saturated carbocycles. The van der Waals surface area contributed by atoms with Crippen LogP contribution >= 0.6 is 22.6 Å². The molecule has 0 spiro atoms. The SMILES string of the molecule is CN1CCO[C@@H](CNc2cc(Nc3cnc(C#N)cn3)nnc2I)C1. The van der Waals surface area contributed by atoms with Crippen LogP contribution < -0.4 is 10.6 Å². The largest absolute Gasteiger partial charge is 0.380 e. The molecule has 2 aromatic heterocycles. The Morgan fingerprint density at radius 2 is 2.24 bits per heavy atom. The summed E-state index contributed by atoms with van der Waals surface area (Å²) in [5, 5.41) is 23.4. The van der Waals surface area contributed by atoms with E-state index in [0.717, 1.165) is 29.1 Å². The van der Waals surface area contributed by atoms with E-state index in [1.165, 1.54) is 12.4 Å². The molecule has 2 N–H and O–H groups in total.